The number of urea groups is 1. The Morgan fingerprint density at radius 2 is 1.97 bits per heavy atom. The zero-order valence-electron chi connectivity index (χ0n) is 18.4. The molecule has 7 nitrogen and oxygen atoms in total. The van der Waals surface area contributed by atoms with Gasteiger partial charge in [0.15, 0.2) is 0 Å². The molecule has 1 saturated heterocycles. The van der Waals surface area contributed by atoms with Gasteiger partial charge in [-0.2, -0.15) is 5.10 Å². The Hall–Kier alpha value is -2.55. The van der Waals surface area contributed by atoms with Crippen LogP contribution in [-0.4, -0.2) is 35.0 Å². The van der Waals surface area contributed by atoms with Crippen LogP contribution in [0.1, 0.15) is 25.7 Å². The van der Waals surface area contributed by atoms with Gasteiger partial charge in [-0.15, -0.1) is 0 Å². The molecule has 1 unspecified atom stereocenters. The van der Waals surface area contributed by atoms with Gasteiger partial charge in [0, 0.05) is 35.1 Å². The molecular formula is C24H27BrClN5O2. The molecule has 174 valence electrons. The first-order valence-electron chi connectivity index (χ1n) is 11.0. The summed E-state index contributed by atoms with van der Waals surface area (Å²) < 4.78 is 8.84. The highest BCUT2D eigenvalue weighted by atomic mass is 79.9. The summed E-state index contributed by atoms with van der Waals surface area (Å²) in [4.78, 5) is 12.5. The zero-order chi connectivity index (χ0) is 23.2. The maximum atomic E-state index is 12.5. The Morgan fingerprint density at radius 1 is 1.21 bits per heavy atom. The largest absolute Gasteiger partial charge is 0.493 e. The average Bonchev–Trinajstić information content (AvgIpc) is 3.14. The van der Waals surface area contributed by atoms with Crippen LogP contribution in [0.2, 0.25) is 5.02 Å². The number of nitrogens with one attached hydrogen (secondary N) is 3. The van der Waals surface area contributed by atoms with Crippen LogP contribution in [0.3, 0.4) is 0 Å². The van der Waals surface area contributed by atoms with Crippen LogP contribution in [0, 0.1) is 0 Å². The molecule has 3 N–H and O–H groups in total. The third kappa shape index (κ3) is 6.28. The molecule has 1 aliphatic heterocycles. The molecule has 0 saturated carbocycles. The van der Waals surface area contributed by atoms with Crippen molar-refractivity contribution in [1.29, 1.82) is 0 Å². The van der Waals surface area contributed by atoms with Gasteiger partial charge in [-0.25, -0.2) is 4.79 Å². The molecule has 1 atom stereocenters. The van der Waals surface area contributed by atoms with Gasteiger partial charge in [-0.05, 0) is 84.2 Å². The van der Waals surface area contributed by atoms with Crippen molar-refractivity contribution in [2.75, 3.05) is 23.8 Å². The number of carbonyl (C=O) groups is 1. The first-order valence-corrected chi connectivity index (χ1v) is 12.2. The second-order valence-corrected chi connectivity index (χ2v) is 9.34. The lowest BCUT2D eigenvalue weighted by atomic mass is 10.0. The number of rotatable bonds is 7. The average molecular weight is 533 g/mol. The van der Waals surface area contributed by atoms with Crippen LogP contribution in [0.5, 0.6) is 5.75 Å². The van der Waals surface area contributed by atoms with Crippen molar-refractivity contribution in [2.45, 2.75) is 31.7 Å². The van der Waals surface area contributed by atoms with Crippen molar-refractivity contribution in [3.05, 3.63) is 58.2 Å². The van der Waals surface area contributed by atoms with Crippen LogP contribution in [0.15, 0.2) is 53.1 Å². The number of piperidine rings is 1. The summed E-state index contributed by atoms with van der Waals surface area (Å²) in [5.41, 5.74) is 3.03. The van der Waals surface area contributed by atoms with E-state index < -0.39 is 0 Å². The van der Waals surface area contributed by atoms with Crippen molar-refractivity contribution in [3.8, 4) is 17.0 Å². The standard InChI is InChI=1S/C24H27BrClN5O2/c1-31-23(21(25)15-28-31)20-14-19(30-24(32)29-18-7-5-16(26)6-8-18)9-10-22(20)33-13-11-17-4-2-3-12-27-17/h5-10,14-15,17,27H,2-4,11-13H2,1H3,(H2,29,30,32). The fourth-order valence-electron chi connectivity index (χ4n) is 3.94. The maximum absolute atomic E-state index is 12.5. The van der Waals surface area contributed by atoms with Gasteiger partial charge >= 0.3 is 6.03 Å². The van der Waals surface area contributed by atoms with Crippen molar-refractivity contribution >= 4 is 44.9 Å². The normalized spacial score (nSPS) is 15.8. The molecule has 1 aliphatic rings. The number of hydrogen-bond donors (Lipinski definition) is 3. The predicted octanol–water partition coefficient (Wildman–Crippen LogP) is 6.06. The van der Waals surface area contributed by atoms with Gasteiger partial charge in [-0.3, -0.25) is 4.68 Å². The summed E-state index contributed by atoms with van der Waals surface area (Å²) in [6.45, 7) is 1.69. The monoisotopic (exact) mass is 531 g/mol. The number of halogens is 2. The number of amides is 2. The summed E-state index contributed by atoms with van der Waals surface area (Å²) in [6, 6.07) is 12.7. The summed E-state index contributed by atoms with van der Waals surface area (Å²) in [7, 11) is 1.88. The SMILES string of the molecule is Cn1ncc(Br)c1-c1cc(NC(=O)Nc2ccc(Cl)cc2)ccc1OCCC1CCCCN1. The Kier molecular flexibility index (Phi) is 7.90. The second kappa shape index (κ2) is 11.0. The van der Waals surface area contributed by atoms with Crippen molar-refractivity contribution < 1.29 is 9.53 Å². The van der Waals surface area contributed by atoms with E-state index in [4.69, 9.17) is 16.3 Å². The van der Waals surface area contributed by atoms with Gasteiger partial charge in [0.25, 0.3) is 0 Å². The van der Waals surface area contributed by atoms with Gasteiger partial charge in [0.05, 0.1) is 23.0 Å². The van der Waals surface area contributed by atoms with Crippen LogP contribution in [0.25, 0.3) is 11.3 Å². The highest BCUT2D eigenvalue weighted by Crippen LogP contribution is 2.37. The number of ether oxygens (including phenoxy) is 1. The molecule has 9 heteroatoms. The third-order valence-electron chi connectivity index (χ3n) is 5.63. The summed E-state index contributed by atoms with van der Waals surface area (Å²) in [5.74, 6) is 0.749. The van der Waals surface area contributed by atoms with E-state index in [1.165, 1.54) is 19.3 Å². The fraction of sp³-hybridized carbons (Fsp3) is 0.333. The van der Waals surface area contributed by atoms with Crippen LogP contribution >= 0.6 is 27.5 Å². The Labute approximate surface area is 207 Å². The molecule has 3 aromatic rings. The number of benzene rings is 2. The highest BCUT2D eigenvalue weighted by Gasteiger charge is 2.17. The zero-order valence-corrected chi connectivity index (χ0v) is 20.7. The third-order valence-corrected chi connectivity index (χ3v) is 6.46. The molecule has 33 heavy (non-hydrogen) atoms. The summed E-state index contributed by atoms with van der Waals surface area (Å²) in [6.07, 6.45) is 6.41. The molecule has 0 radical (unpaired) electrons. The van der Waals surface area contributed by atoms with Gasteiger partial charge in [0.2, 0.25) is 0 Å². The molecular weight excluding hydrogens is 506 g/mol. The Morgan fingerprint density at radius 3 is 2.67 bits per heavy atom. The van der Waals surface area contributed by atoms with E-state index in [1.807, 2.05) is 25.2 Å². The number of aromatic nitrogens is 2. The summed E-state index contributed by atoms with van der Waals surface area (Å²) >= 11 is 9.50. The topological polar surface area (TPSA) is 80.2 Å². The minimum atomic E-state index is -0.343. The number of anilines is 2. The lowest BCUT2D eigenvalue weighted by Gasteiger charge is -2.23. The van der Waals surface area contributed by atoms with Crippen LogP contribution in [-0.2, 0) is 7.05 Å². The minimum Gasteiger partial charge on any atom is -0.493 e. The van der Waals surface area contributed by atoms with E-state index in [0.717, 1.165) is 34.4 Å². The smallest absolute Gasteiger partial charge is 0.323 e. The molecule has 1 aromatic heterocycles. The van der Waals surface area contributed by atoms with Crippen LogP contribution < -0.4 is 20.7 Å². The van der Waals surface area contributed by atoms with Crippen molar-refractivity contribution in [2.24, 2.45) is 7.05 Å². The molecule has 4 rings (SSSR count). The van der Waals surface area contributed by atoms with Crippen molar-refractivity contribution in [3.63, 3.8) is 0 Å². The van der Waals surface area contributed by atoms with E-state index in [2.05, 4.69) is 37.0 Å². The van der Waals surface area contributed by atoms with Gasteiger partial charge in [0.1, 0.15) is 5.75 Å². The molecule has 1 fully saturated rings. The lowest BCUT2D eigenvalue weighted by Crippen LogP contribution is -2.35. The lowest BCUT2D eigenvalue weighted by molar-refractivity contribution is 0.262. The first kappa shape index (κ1) is 23.6. The van der Waals surface area contributed by atoms with E-state index in [1.54, 1.807) is 35.1 Å². The Bertz CT molecular complexity index is 1080. The summed E-state index contributed by atoms with van der Waals surface area (Å²) in [5, 5.41) is 14.2. The maximum Gasteiger partial charge on any atom is 0.323 e. The van der Waals surface area contributed by atoms with Crippen molar-refractivity contribution in [1.82, 2.24) is 15.1 Å². The molecule has 0 aliphatic carbocycles. The molecule has 0 bridgehead atoms. The molecule has 2 aromatic carbocycles. The van der Waals surface area contributed by atoms with Gasteiger partial charge in [-0.1, -0.05) is 18.0 Å². The quantitative estimate of drug-likeness (QED) is 0.346. The minimum absolute atomic E-state index is 0.343. The van der Waals surface area contributed by atoms with E-state index >= 15 is 0 Å². The molecule has 0 spiro atoms. The number of carbonyl (C=O) groups excluding carboxylic acids is 1. The predicted molar refractivity (Wildman–Crippen MR) is 136 cm³/mol. The second-order valence-electron chi connectivity index (χ2n) is 8.05. The fourth-order valence-corrected chi connectivity index (χ4v) is 4.63. The van der Waals surface area contributed by atoms with E-state index in [9.17, 15) is 4.79 Å². The van der Waals surface area contributed by atoms with Crippen LogP contribution in [0.4, 0.5) is 16.2 Å². The van der Waals surface area contributed by atoms with Gasteiger partial charge < -0.3 is 20.7 Å². The Balaban J connectivity index is 1.49. The first-order chi connectivity index (χ1) is 16.0. The molecule has 2 heterocycles. The number of nitrogens with zero attached hydrogens (tertiary/aromatic N) is 2. The number of aryl methyl sites for hydroxylation is 1. The molecule has 2 amide bonds. The highest BCUT2D eigenvalue weighted by molar-refractivity contribution is 9.10. The number of hydrogen-bond acceptors (Lipinski definition) is 4. The van der Waals surface area contributed by atoms with E-state index in [0.29, 0.717) is 29.0 Å². The van der Waals surface area contributed by atoms with E-state index in [-0.39, 0.29) is 6.03 Å².